The molecule has 0 aliphatic heterocycles. The molecule has 0 aliphatic carbocycles. The molecule has 1 heterocycles. The van der Waals surface area contributed by atoms with E-state index in [4.69, 9.17) is 0 Å². The highest BCUT2D eigenvalue weighted by molar-refractivity contribution is 6.11. The van der Waals surface area contributed by atoms with E-state index >= 15 is 0 Å². The van der Waals surface area contributed by atoms with Crippen molar-refractivity contribution in [2.75, 3.05) is 9.80 Å². The van der Waals surface area contributed by atoms with Crippen LogP contribution in [0.25, 0.3) is 27.5 Å². The minimum Gasteiger partial charge on any atom is -0.336 e. The maximum Gasteiger partial charge on any atom is 0.416 e. The summed E-state index contributed by atoms with van der Waals surface area (Å²) in [4.78, 5) is 3.79. The number of hydrogen-bond acceptors (Lipinski definition) is 2. The first-order chi connectivity index (χ1) is 23.2. The second kappa shape index (κ2) is 12.1. The largest absolute Gasteiger partial charge is 0.416 e. The van der Waals surface area contributed by atoms with Gasteiger partial charge in [0.05, 0.1) is 22.2 Å². The van der Waals surface area contributed by atoms with Gasteiger partial charge in [0.15, 0.2) is 0 Å². The summed E-state index contributed by atoms with van der Waals surface area (Å²) < 4.78 is 85.0. The molecule has 260 valence electrons. The smallest absolute Gasteiger partial charge is 0.336 e. The van der Waals surface area contributed by atoms with Gasteiger partial charge in [0.1, 0.15) is 0 Å². The molecule has 6 rings (SSSR count). The zero-order valence-corrected chi connectivity index (χ0v) is 29.0. The van der Waals surface area contributed by atoms with Crippen LogP contribution in [0, 0.1) is 6.92 Å². The molecule has 0 spiro atoms. The molecule has 0 bridgehead atoms. The van der Waals surface area contributed by atoms with Crippen molar-refractivity contribution in [1.29, 1.82) is 0 Å². The Balaban J connectivity index is 1.63. The number of aromatic nitrogens is 1. The predicted octanol–water partition coefficient (Wildman–Crippen LogP) is 13.0. The Bertz CT molecular complexity index is 2060. The van der Waals surface area contributed by atoms with Crippen molar-refractivity contribution in [3.8, 4) is 5.69 Å². The molecular weight excluding hydrogens is 648 g/mol. The van der Waals surface area contributed by atoms with Crippen molar-refractivity contribution in [3.63, 3.8) is 0 Å². The number of aryl methyl sites for hydroxylation is 1. The fourth-order valence-corrected chi connectivity index (χ4v) is 6.81. The van der Waals surface area contributed by atoms with Gasteiger partial charge in [-0.1, -0.05) is 24.3 Å². The van der Waals surface area contributed by atoms with Crippen LogP contribution in [0.4, 0.5) is 49.1 Å². The Hall–Kier alpha value is -4.92. The van der Waals surface area contributed by atoms with E-state index in [0.29, 0.717) is 22.7 Å². The summed E-state index contributed by atoms with van der Waals surface area (Å²) in [7, 11) is 0. The minimum absolute atomic E-state index is 0.401. The highest BCUT2D eigenvalue weighted by atomic mass is 19.4. The van der Waals surface area contributed by atoms with E-state index in [1.807, 2.05) is 113 Å². The standard InChI is InChI=1S/C41H39F6N3/c1-26-11-8-14-29(21-26)48-36-19-17-32(49(38(2,3)4)30-15-9-12-27(22-30)40(42,43)44)24-34(36)35-25-33(18-20-37(35)48)50(39(5,6)7)31-16-10-13-28(23-31)41(45,46)47/h8-25H,1-7H3. The molecule has 0 N–H and O–H groups in total. The van der Waals surface area contributed by atoms with Gasteiger partial charge in [0, 0.05) is 50.3 Å². The summed E-state index contributed by atoms with van der Waals surface area (Å²) in [5.41, 5.74) is 3.28. The lowest BCUT2D eigenvalue weighted by Gasteiger charge is -2.38. The lowest BCUT2D eigenvalue weighted by molar-refractivity contribution is -0.138. The molecule has 0 radical (unpaired) electrons. The Morgan fingerprint density at radius 3 is 1.24 bits per heavy atom. The summed E-state index contributed by atoms with van der Waals surface area (Å²) >= 11 is 0. The van der Waals surface area contributed by atoms with Gasteiger partial charge in [0.2, 0.25) is 0 Å². The van der Waals surface area contributed by atoms with Crippen molar-refractivity contribution >= 4 is 44.6 Å². The summed E-state index contributed by atoms with van der Waals surface area (Å²) in [5, 5.41) is 1.69. The van der Waals surface area contributed by atoms with Crippen LogP contribution >= 0.6 is 0 Å². The molecular formula is C41H39F6N3. The molecule has 0 unspecified atom stereocenters. The Morgan fingerprint density at radius 2 is 0.860 bits per heavy atom. The van der Waals surface area contributed by atoms with E-state index < -0.39 is 34.6 Å². The normalized spacial score (nSPS) is 12.9. The van der Waals surface area contributed by atoms with Gasteiger partial charge in [-0.05, 0) is 139 Å². The summed E-state index contributed by atoms with van der Waals surface area (Å²) in [6.07, 6.45) is -9.00. The van der Waals surface area contributed by atoms with Gasteiger partial charge in [-0.3, -0.25) is 0 Å². The summed E-state index contributed by atoms with van der Waals surface area (Å²) in [6.45, 7) is 13.7. The van der Waals surface area contributed by atoms with Crippen molar-refractivity contribution in [3.05, 3.63) is 126 Å². The zero-order chi connectivity index (χ0) is 36.4. The number of halogens is 6. The first kappa shape index (κ1) is 34.9. The molecule has 50 heavy (non-hydrogen) atoms. The number of fused-ring (bicyclic) bond motifs is 3. The van der Waals surface area contributed by atoms with E-state index in [2.05, 4.69) is 10.6 Å². The molecule has 0 saturated carbocycles. The average molecular weight is 688 g/mol. The van der Waals surface area contributed by atoms with Crippen LogP contribution in [-0.2, 0) is 12.4 Å². The third-order valence-corrected chi connectivity index (χ3v) is 8.71. The molecule has 0 aliphatic rings. The number of anilines is 4. The van der Waals surface area contributed by atoms with Gasteiger partial charge >= 0.3 is 12.4 Å². The number of rotatable bonds is 5. The Morgan fingerprint density at radius 1 is 0.460 bits per heavy atom. The van der Waals surface area contributed by atoms with E-state index in [-0.39, 0.29) is 0 Å². The van der Waals surface area contributed by atoms with Crippen LogP contribution in [0.3, 0.4) is 0 Å². The molecule has 9 heteroatoms. The van der Waals surface area contributed by atoms with E-state index in [9.17, 15) is 26.3 Å². The molecule has 6 aromatic rings. The highest BCUT2D eigenvalue weighted by Crippen LogP contribution is 2.44. The maximum atomic E-state index is 13.8. The van der Waals surface area contributed by atoms with Gasteiger partial charge in [-0.15, -0.1) is 0 Å². The Kier molecular flexibility index (Phi) is 8.48. The third-order valence-electron chi connectivity index (χ3n) is 8.71. The van der Waals surface area contributed by atoms with Crippen LogP contribution < -0.4 is 9.80 Å². The molecule has 1 aromatic heterocycles. The molecule has 0 amide bonds. The summed E-state index contributed by atoms with van der Waals surface area (Å²) in [6, 6.07) is 30.5. The van der Waals surface area contributed by atoms with Crippen molar-refractivity contribution in [1.82, 2.24) is 4.57 Å². The maximum absolute atomic E-state index is 13.8. The van der Waals surface area contributed by atoms with Crippen molar-refractivity contribution in [2.24, 2.45) is 0 Å². The van der Waals surface area contributed by atoms with E-state index in [1.54, 1.807) is 12.1 Å². The second-order valence-electron chi connectivity index (χ2n) is 14.7. The van der Waals surface area contributed by atoms with Crippen LogP contribution in [-0.4, -0.2) is 15.6 Å². The second-order valence-corrected chi connectivity index (χ2v) is 14.7. The highest BCUT2D eigenvalue weighted by Gasteiger charge is 2.34. The molecule has 0 saturated heterocycles. The number of nitrogens with zero attached hydrogens (tertiary/aromatic N) is 3. The fourth-order valence-electron chi connectivity index (χ4n) is 6.81. The fraction of sp³-hybridized carbons (Fsp3) is 0.268. The van der Waals surface area contributed by atoms with Gasteiger partial charge in [-0.25, -0.2) is 0 Å². The quantitative estimate of drug-likeness (QED) is 0.167. The topological polar surface area (TPSA) is 11.4 Å². The predicted molar refractivity (Wildman–Crippen MR) is 192 cm³/mol. The SMILES string of the molecule is Cc1cccc(-n2c3ccc(N(c4cccc(C(F)(F)F)c4)C(C)(C)C)cc3c3cc(N(c4cccc(C(F)(F)F)c4)C(C)(C)C)ccc32)c1. The third kappa shape index (κ3) is 6.65. The van der Waals surface area contributed by atoms with Crippen molar-refractivity contribution < 1.29 is 26.3 Å². The van der Waals surface area contributed by atoms with E-state index in [0.717, 1.165) is 45.2 Å². The number of benzene rings is 5. The van der Waals surface area contributed by atoms with Crippen LogP contribution in [0.15, 0.2) is 109 Å². The first-order valence-electron chi connectivity index (χ1n) is 16.3. The Labute approximate surface area is 288 Å². The van der Waals surface area contributed by atoms with Crippen LogP contribution in [0.2, 0.25) is 0 Å². The molecule has 0 fully saturated rings. The lowest BCUT2D eigenvalue weighted by atomic mass is 10.00. The number of alkyl halides is 6. The zero-order valence-electron chi connectivity index (χ0n) is 29.0. The minimum atomic E-state index is -4.50. The van der Waals surface area contributed by atoms with Crippen molar-refractivity contribution in [2.45, 2.75) is 71.9 Å². The van der Waals surface area contributed by atoms with Gasteiger partial charge in [0.25, 0.3) is 0 Å². The molecule has 5 aromatic carbocycles. The molecule has 3 nitrogen and oxygen atoms in total. The lowest BCUT2D eigenvalue weighted by Crippen LogP contribution is -2.37. The summed E-state index contributed by atoms with van der Waals surface area (Å²) in [5.74, 6) is 0. The van der Waals surface area contributed by atoms with E-state index in [1.165, 1.54) is 24.3 Å². The van der Waals surface area contributed by atoms with Crippen LogP contribution in [0.1, 0.15) is 58.2 Å². The van der Waals surface area contributed by atoms with Crippen LogP contribution in [0.5, 0.6) is 0 Å². The average Bonchev–Trinajstić information content (AvgIpc) is 3.32. The van der Waals surface area contributed by atoms with Gasteiger partial charge in [-0.2, -0.15) is 26.3 Å². The first-order valence-corrected chi connectivity index (χ1v) is 16.3. The van der Waals surface area contributed by atoms with Gasteiger partial charge < -0.3 is 14.4 Å². The number of hydrogen-bond donors (Lipinski definition) is 0. The monoisotopic (exact) mass is 687 g/mol. The molecule has 0 atom stereocenters.